The highest BCUT2D eigenvalue weighted by Crippen LogP contribution is 2.29. The average molecular weight is 657 g/mol. The van der Waals surface area contributed by atoms with Crippen LogP contribution in [0.4, 0.5) is 0 Å². The van der Waals surface area contributed by atoms with Crippen molar-refractivity contribution in [1.82, 2.24) is 19.9 Å². The fourth-order valence-electron chi connectivity index (χ4n) is 6.88. The standard InChI is InChI=1S/C38H48N4O6/c1-19-25(11-13-35(43)47-9)31-18-32-26(12-14-36(44)48-10)20(2)28(40-32)16-33-38(24(6)46-8)22(4)30(42-33)17-34-37(23(5)45-7)21(3)29(41-34)15-27(19)39-31/h15-18,23-24,39-42H,11-14H2,1-10H3. The van der Waals surface area contributed by atoms with E-state index < -0.39 is 0 Å². The molecule has 1 aliphatic rings. The molecule has 4 aromatic rings. The summed E-state index contributed by atoms with van der Waals surface area (Å²) in [6.07, 6.45) is 9.66. The predicted octanol–water partition coefficient (Wildman–Crippen LogP) is 3.49. The van der Waals surface area contributed by atoms with Crippen molar-refractivity contribution in [2.75, 3.05) is 28.4 Å². The summed E-state index contributed by atoms with van der Waals surface area (Å²) in [5.41, 5.74) is 12.2. The number of hydrogen-bond acceptors (Lipinski definition) is 6. The summed E-state index contributed by atoms with van der Waals surface area (Å²) < 4.78 is 21.7. The van der Waals surface area contributed by atoms with Gasteiger partial charge in [-0.05, 0) is 112 Å². The van der Waals surface area contributed by atoms with Crippen molar-refractivity contribution < 1.29 is 28.5 Å². The summed E-state index contributed by atoms with van der Waals surface area (Å²) in [5, 5.41) is 3.72. The Labute approximate surface area is 280 Å². The number of hydrogen-bond donors (Lipinski definition) is 4. The molecule has 1 aliphatic heterocycles. The van der Waals surface area contributed by atoms with Gasteiger partial charge in [-0.3, -0.25) is 9.59 Å². The highest BCUT2D eigenvalue weighted by Gasteiger charge is 2.21. The fraction of sp³-hybridized carbons (Fsp3) is 0.421. The second kappa shape index (κ2) is 14.3. The molecule has 0 saturated carbocycles. The lowest BCUT2D eigenvalue weighted by molar-refractivity contribution is -0.141. The Kier molecular flexibility index (Phi) is 10.4. The summed E-state index contributed by atoms with van der Waals surface area (Å²) in [6.45, 7) is 12.5. The van der Waals surface area contributed by atoms with Crippen LogP contribution in [0.15, 0.2) is 0 Å². The molecule has 0 fully saturated rings. The van der Waals surface area contributed by atoms with E-state index in [4.69, 9.17) is 18.9 Å². The molecule has 0 saturated heterocycles. The van der Waals surface area contributed by atoms with Crippen molar-refractivity contribution in [3.05, 3.63) is 88.7 Å². The van der Waals surface area contributed by atoms with Crippen LogP contribution in [0.5, 0.6) is 0 Å². The first-order valence-electron chi connectivity index (χ1n) is 16.4. The molecule has 2 unspecified atom stereocenters. The van der Waals surface area contributed by atoms with Crippen LogP contribution in [0.3, 0.4) is 0 Å². The maximum Gasteiger partial charge on any atom is 0.305 e. The van der Waals surface area contributed by atoms with Gasteiger partial charge in [-0.1, -0.05) is 0 Å². The lowest BCUT2D eigenvalue weighted by Crippen LogP contribution is -2.15. The topological polar surface area (TPSA) is 134 Å². The third kappa shape index (κ3) is 6.59. The van der Waals surface area contributed by atoms with E-state index in [9.17, 15) is 9.59 Å². The molecule has 8 bridgehead atoms. The van der Waals surface area contributed by atoms with Crippen molar-refractivity contribution in [2.24, 2.45) is 0 Å². The van der Waals surface area contributed by atoms with Crippen LogP contribution in [0.1, 0.15) is 106 Å². The van der Waals surface area contributed by atoms with Crippen LogP contribution in [-0.2, 0) is 41.4 Å². The highest BCUT2D eigenvalue weighted by atomic mass is 16.5. The maximum absolute atomic E-state index is 12.3. The molecule has 256 valence electrons. The largest absolute Gasteiger partial charge is 0.469 e. The summed E-state index contributed by atoms with van der Waals surface area (Å²) in [7, 11) is 6.26. The molecule has 4 aromatic heterocycles. The molecule has 0 aliphatic carbocycles. The van der Waals surface area contributed by atoms with Gasteiger partial charge in [-0.2, -0.15) is 0 Å². The normalized spacial score (nSPS) is 13.5. The number of nitrogens with one attached hydrogen (secondary N) is 4. The molecular weight excluding hydrogens is 608 g/mol. The smallest absolute Gasteiger partial charge is 0.305 e. The van der Waals surface area contributed by atoms with Crippen LogP contribution in [0.2, 0.25) is 0 Å². The second-order valence-corrected chi connectivity index (χ2v) is 12.6. The Bertz CT molecular complexity index is 2110. The number of fused-ring (bicyclic) bond motifs is 8. The van der Waals surface area contributed by atoms with Crippen LogP contribution >= 0.6 is 0 Å². The predicted molar refractivity (Wildman–Crippen MR) is 186 cm³/mol. The van der Waals surface area contributed by atoms with E-state index in [0.717, 1.165) is 88.7 Å². The molecule has 48 heavy (non-hydrogen) atoms. The first kappa shape index (κ1) is 34.8. The van der Waals surface area contributed by atoms with Crippen LogP contribution in [0, 0.1) is 27.7 Å². The van der Waals surface area contributed by atoms with Gasteiger partial charge in [0.15, 0.2) is 0 Å². The van der Waals surface area contributed by atoms with Gasteiger partial charge in [-0.15, -0.1) is 0 Å². The summed E-state index contributed by atoms with van der Waals surface area (Å²) in [4.78, 5) is 39.2. The van der Waals surface area contributed by atoms with E-state index >= 15 is 0 Å². The summed E-state index contributed by atoms with van der Waals surface area (Å²) in [5.74, 6) is -0.534. The Morgan fingerprint density at radius 3 is 1.65 bits per heavy atom. The number of aromatic amines is 4. The minimum absolute atomic E-state index is 0.150. The molecule has 0 radical (unpaired) electrons. The molecule has 2 atom stereocenters. The van der Waals surface area contributed by atoms with E-state index in [0.29, 0.717) is 12.8 Å². The van der Waals surface area contributed by atoms with Gasteiger partial charge in [0.2, 0.25) is 0 Å². The number of carbonyl (C=O) groups is 2. The van der Waals surface area contributed by atoms with E-state index in [1.807, 2.05) is 6.92 Å². The Morgan fingerprint density at radius 2 is 1.02 bits per heavy atom. The van der Waals surface area contributed by atoms with E-state index in [1.54, 1.807) is 14.2 Å². The van der Waals surface area contributed by atoms with Gasteiger partial charge in [0, 0.05) is 82.4 Å². The number of rotatable bonds is 10. The van der Waals surface area contributed by atoms with Crippen molar-refractivity contribution >= 4 is 36.2 Å². The molecule has 10 nitrogen and oxygen atoms in total. The number of aromatic nitrogens is 4. The first-order chi connectivity index (χ1) is 22.9. The lowest BCUT2D eigenvalue weighted by Gasteiger charge is -2.11. The summed E-state index contributed by atoms with van der Waals surface area (Å²) in [6, 6.07) is 0. The molecule has 0 amide bonds. The van der Waals surface area contributed by atoms with Gasteiger partial charge >= 0.3 is 11.9 Å². The fourth-order valence-corrected chi connectivity index (χ4v) is 6.88. The van der Waals surface area contributed by atoms with Crippen molar-refractivity contribution in [3.8, 4) is 0 Å². The van der Waals surface area contributed by atoms with Crippen LogP contribution < -0.4 is 21.4 Å². The lowest BCUT2D eigenvalue weighted by atomic mass is 10.0. The van der Waals surface area contributed by atoms with Crippen molar-refractivity contribution in [3.63, 3.8) is 0 Å². The van der Waals surface area contributed by atoms with Gasteiger partial charge < -0.3 is 38.9 Å². The van der Waals surface area contributed by atoms with E-state index in [2.05, 4.69) is 78.9 Å². The number of ether oxygens (including phenoxy) is 4. The molecule has 0 spiro atoms. The third-order valence-corrected chi connectivity index (χ3v) is 9.93. The molecular formula is C38H48N4O6. The van der Waals surface area contributed by atoms with Crippen molar-refractivity contribution in [2.45, 2.75) is 79.4 Å². The minimum atomic E-state index is -0.268. The zero-order valence-corrected chi connectivity index (χ0v) is 29.7. The number of H-pyrrole nitrogens is 4. The molecule has 5 heterocycles. The molecule has 4 N–H and O–H groups in total. The van der Waals surface area contributed by atoms with Crippen LogP contribution in [-0.4, -0.2) is 60.3 Å². The highest BCUT2D eigenvalue weighted by molar-refractivity contribution is 5.71. The first-order valence-corrected chi connectivity index (χ1v) is 16.4. The number of carbonyl (C=O) groups excluding carboxylic acids is 2. The SMILES string of the molecule is COC(=O)CCc1c2[nH]c(c1C)C=c1[nH]c(c(C(C)OC)c1C)=Cc1[nH]c(c(C(C)OC)c1C)C=c1[nH]c(c(CCC(=O)OC)c1C)=C2. The average Bonchev–Trinajstić information content (AvgIpc) is 3.74. The molecule has 0 aromatic carbocycles. The maximum atomic E-state index is 12.3. The number of methoxy groups -OCH3 is 4. The molecule has 10 heteroatoms. The zero-order valence-electron chi connectivity index (χ0n) is 29.7. The minimum Gasteiger partial charge on any atom is -0.469 e. The van der Waals surface area contributed by atoms with Crippen LogP contribution in [0.25, 0.3) is 24.3 Å². The van der Waals surface area contributed by atoms with E-state index in [-0.39, 0.29) is 37.0 Å². The monoisotopic (exact) mass is 656 g/mol. The van der Waals surface area contributed by atoms with E-state index in [1.165, 1.54) is 14.2 Å². The quantitative estimate of drug-likeness (QED) is 0.170. The Balaban J connectivity index is 1.91. The van der Waals surface area contributed by atoms with Gasteiger partial charge in [0.05, 0.1) is 26.4 Å². The van der Waals surface area contributed by atoms with Crippen molar-refractivity contribution in [1.29, 1.82) is 0 Å². The van der Waals surface area contributed by atoms with Gasteiger partial charge in [0.25, 0.3) is 0 Å². The zero-order chi connectivity index (χ0) is 34.9. The molecule has 5 rings (SSSR count). The Morgan fingerprint density at radius 1 is 0.542 bits per heavy atom. The second-order valence-electron chi connectivity index (χ2n) is 12.6. The summed E-state index contributed by atoms with van der Waals surface area (Å²) >= 11 is 0. The number of esters is 2. The van der Waals surface area contributed by atoms with Gasteiger partial charge in [0.1, 0.15) is 0 Å². The third-order valence-electron chi connectivity index (χ3n) is 9.93. The Hall–Kier alpha value is -4.54. The van der Waals surface area contributed by atoms with Gasteiger partial charge in [-0.25, -0.2) is 0 Å².